The summed E-state index contributed by atoms with van der Waals surface area (Å²) in [5.41, 5.74) is 4.01. The lowest BCUT2D eigenvalue weighted by molar-refractivity contribution is 0.209. The van der Waals surface area contributed by atoms with Gasteiger partial charge in [0.1, 0.15) is 11.9 Å². The molecule has 1 aliphatic carbocycles. The number of rotatable bonds is 2. The van der Waals surface area contributed by atoms with Crippen LogP contribution in [0.4, 0.5) is 0 Å². The van der Waals surface area contributed by atoms with Gasteiger partial charge in [-0.15, -0.1) is 0 Å². The first-order valence-corrected chi connectivity index (χ1v) is 7.34. The Hall–Kier alpha value is -1.28. The molecule has 1 aliphatic heterocycles. The second kappa shape index (κ2) is 5.38. The molecule has 2 nitrogen and oxygen atoms in total. The average Bonchev–Trinajstić information content (AvgIpc) is 2.63. The Kier molecular flexibility index (Phi) is 3.61. The standard InChI is InChI=1S/C17H22O2/c1-12-6-7-17-14(8-12)11-16(19-17)10-13-4-2-3-5-15(18)9-13/h6-9,15-16,18H,2-5,10-11H2,1H3. The summed E-state index contributed by atoms with van der Waals surface area (Å²) in [5.74, 6) is 1.05. The minimum Gasteiger partial charge on any atom is -0.489 e. The average molecular weight is 258 g/mol. The molecule has 1 heterocycles. The van der Waals surface area contributed by atoms with E-state index in [1.807, 2.05) is 0 Å². The molecule has 1 aromatic rings. The van der Waals surface area contributed by atoms with Gasteiger partial charge in [0.05, 0.1) is 6.10 Å². The topological polar surface area (TPSA) is 29.5 Å². The van der Waals surface area contributed by atoms with Gasteiger partial charge in [-0.2, -0.15) is 0 Å². The third-order valence-electron chi connectivity index (χ3n) is 4.12. The summed E-state index contributed by atoms with van der Waals surface area (Å²) in [6.07, 6.45) is 8.39. The lowest BCUT2D eigenvalue weighted by Gasteiger charge is -2.13. The van der Waals surface area contributed by atoms with Crippen LogP contribution in [0.5, 0.6) is 5.75 Å². The molecule has 0 amide bonds. The van der Waals surface area contributed by atoms with E-state index in [4.69, 9.17) is 4.74 Å². The minimum atomic E-state index is -0.247. The molecule has 0 bridgehead atoms. The zero-order valence-corrected chi connectivity index (χ0v) is 11.6. The van der Waals surface area contributed by atoms with Crippen molar-refractivity contribution in [1.29, 1.82) is 0 Å². The van der Waals surface area contributed by atoms with Crippen molar-refractivity contribution >= 4 is 0 Å². The van der Waals surface area contributed by atoms with Crippen LogP contribution in [0, 0.1) is 6.92 Å². The van der Waals surface area contributed by atoms with Crippen LogP contribution < -0.4 is 4.74 Å². The number of aliphatic hydroxyl groups is 1. The first-order valence-electron chi connectivity index (χ1n) is 7.34. The molecule has 1 N–H and O–H groups in total. The van der Waals surface area contributed by atoms with Gasteiger partial charge < -0.3 is 9.84 Å². The van der Waals surface area contributed by atoms with E-state index in [0.29, 0.717) is 0 Å². The summed E-state index contributed by atoms with van der Waals surface area (Å²) in [7, 11) is 0. The lowest BCUT2D eigenvalue weighted by Crippen LogP contribution is -2.14. The van der Waals surface area contributed by atoms with E-state index in [2.05, 4.69) is 31.2 Å². The third kappa shape index (κ3) is 3.01. The summed E-state index contributed by atoms with van der Waals surface area (Å²) in [5, 5.41) is 9.83. The maximum atomic E-state index is 9.83. The molecular weight excluding hydrogens is 236 g/mol. The van der Waals surface area contributed by atoms with Crippen molar-refractivity contribution in [3.63, 3.8) is 0 Å². The Balaban J connectivity index is 1.66. The molecule has 2 unspecified atom stereocenters. The van der Waals surface area contributed by atoms with Crippen molar-refractivity contribution < 1.29 is 9.84 Å². The van der Waals surface area contributed by atoms with Crippen molar-refractivity contribution in [3.05, 3.63) is 41.0 Å². The fourth-order valence-electron chi connectivity index (χ4n) is 3.17. The van der Waals surface area contributed by atoms with Crippen LogP contribution in [0.15, 0.2) is 29.8 Å². The van der Waals surface area contributed by atoms with Gasteiger partial charge in [-0.3, -0.25) is 0 Å². The first-order chi connectivity index (χ1) is 9.20. The van der Waals surface area contributed by atoms with E-state index in [0.717, 1.165) is 37.9 Å². The van der Waals surface area contributed by atoms with Crippen LogP contribution in [-0.4, -0.2) is 17.3 Å². The second-order valence-electron chi connectivity index (χ2n) is 5.90. The van der Waals surface area contributed by atoms with Crippen molar-refractivity contribution in [1.82, 2.24) is 0 Å². The van der Waals surface area contributed by atoms with Crippen molar-refractivity contribution in [2.75, 3.05) is 0 Å². The van der Waals surface area contributed by atoms with Gasteiger partial charge in [-0.05, 0) is 37.8 Å². The van der Waals surface area contributed by atoms with Crippen LogP contribution >= 0.6 is 0 Å². The summed E-state index contributed by atoms with van der Waals surface area (Å²) in [6, 6.07) is 6.42. The molecule has 0 spiro atoms. The van der Waals surface area contributed by atoms with Crippen LogP contribution in [0.2, 0.25) is 0 Å². The van der Waals surface area contributed by atoms with Crippen molar-refractivity contribution in [2.45, 2.75) is 57.7 Å². The predicted molar refractivity (Wildman–Crippen MR) is 76.5 cm³/mol. The summed E-state index contributed by atoms with van der Waals surface area (Å²) in [4.78, 5) is 0. The summed E-state index contributed by atoms with van der Waals surface area (Å²) < 4.78 is 6.02. The van der Waals surface area contributed by atoms with Crippen LogP contribution in [0.3, 0.4) is 0 Å². The van der Waals surface area contributed by atoms with Crippen LogP contribution in [0.1, 0.15) is 43.2 Å². The fraction of sp³-hybridized carbons (Fsp3) is 0.529. The Bertz CT molecular complexity index is 490. The number of aryl methyl sites for hydroxylation is 1. The molecule has 0 aromatic heterocycles. The monoisotopic (exact) mass is 258 g/mol. The first kappa shape index (κ1) is 12.7. The van der Waals surface area contributed by atoms with Crippen molar-refractivity contribution in [3.8, 4) is 5.75 Å². The zero-order valence-electron chi connectivity index (χ0n) is 11.6. The van der Waals surface area contributed by atoms with Gasteiger partial charge >= 0.3 is 0 Å². The highest BCUT2D eigenvalue weighted by molar-refractivity contribution is 5.40. The van der Waals surface area contributed by atoms with E-state index in [-0.39, 0.29) is 12.2 Å². The number of fused-ring (bicyclic) bond motifs is 1. The van der Waals surface area contributed by atoms with E-state index in [1.54, 1.807) is 0 Å². The van der Waals surface area contributed by atoms with Gasteiger partial charge in [0.15, 0.2) is 0 Å². The number of benzene rings is 1. The molecule has 19 heavy (non-hydrogen) atoms. The molecule has 0 radical (unpaired) electrons. The maximum absolute atomic E-state index is 9.83. The zero-order chi connectivity index (χ0) is 13.2. The van der Waals surface area contributed by atoms with Crippen LogP contribution in [-0.2, 0) is 6.42 Å². The number of ether oxygens (including phenoxy) is 1. The van der Waals surface area contributed by atoms with Gasteiger partial charge in [0.25, 0.3) is 0 Å². The third-order valence-corrected chi connectivity index (χ3v) is 4.12. The summed E-state index contributed by atoms with van der Waals surface area (Å²) in [6.45, 7) is 2.12. The highest BCUT2D eigenvalue weighted by Crippen LogP contribution is 2.33. The number of aliphatic hydroxyl groups excluding tert-OH is 1. The van der Waals surface area contributed by atoms with Gasteiger partial charge in [-0.25, -0.2) is 0 Å². The molecule has 102 valence electrons. The largest absolute Gasteiger partial charge is 0.489 e. The van der Waals surface area contributed by atoms with Crippen molar-refractivity contribution in [2.24, 2.45) is 0 Å². The van der Waals surface area contributed by atoms with Crippen LogP contribution in [0.25, 0.3) is 0 Å². The lowest BCUT2D eigenvalue weighted by atomic mass is 9.99. The Labute approximate surface area is 115 Å². The summed E-state index contributed by atoms with van der Waals surface area (Å²) >= 11 is 0. The smallest absolute Gasteiger partial charge is 0.123 e. The highest BCUT2D eigenvalue weighted by atomic mass is 16.5. The normalized spacial score (nSPS) is 26.3. The quantitative estimate of drug-likeness (QED) is 0.822. The molecule has 2 atom stereocenters. The molecule has 1 aromatic carbocycles. The molecule has 0 fully saturated rings. The maximum Gasteiger partial charge on any atom is 0.123 e. The number of hydrogen-bond donors (Lipinski definition) is 1. The molecule has 2 aliphatic rings. The SMILES string of the molecule is Cc1ccc2c(c1)CC(CC1=CC(O)CCCC1)O2. The van der Waals surface area contributed by atoms with E-state index in [9.17, 15) is 5.11 Å². The van der Waals surface area contributed by atoms with Gasteiger partial charge in [0, 0.05) is 12.8 Å². The fourth-order valence-corrected chi connectivity index (χ4v) is 3.17. The molecule has 2 heteroatoms. The van der Waals surface area contributed by atoms with Gasteiger partial charge in [-0.1, -0.05) is 35.8 Å². The molecule has 0 saturated heterocycles. The second-order valence-corrected chi connectivity index (χ2v) is 5.90. The predicted octanol–water partition coefficient (Wildman–Crippen LogP) is 3.55. The molecule has 3 rings (SSSR count). The van der Waals surface area contributed by atoms with E-state index in [1.165, 1.54) is 23.1 Å². The van der Waals surface area contributed by atoms with E-state index < -0.39 is 0 Å². The van der Waals surface area contributed by atoms with E-state index >= 15 is 0 Å². The van der Waals surface area contributed by atoms with Gasteiger partial charge in [0.2, 0.25) is 0 Å². The highest BCUT2D eigenvalue weighted by Gasteiger charge is 2.24. The molecule has 0 saturated carbocycles. The Morgan fingerprint density at radius 1 is 1.32 bits per heavy atom. The molecular formula is C17H22O2. The number of hydrogen-bond acceptors (Lipinski definition) is 2. The Morgan fingerprint density at radius 3 is 3.11 bits per heavy atom. The Morgan fingerprint density at radius 2 is 2.21 bits per heavy atom. The minimum absolute atomic E-state index is 0.247.